The summed E-state index contributed by atoms with van der Waals surface area (Å²) in [5, 5.41) is 21.7. The lowest BCUT2D eigenvalue weighted by Crippen LogP contribution is -2.43. The number of nitrogens with zero attached hydrogens (tertiary/aromatic N) is 1. The number of esters is 1. The van der Waals surface area contributed by atoms with Crippen LogP contribution in [0.25, 0.3) is 0 Å². The normalized spacial score (nSPS) is 25.0. The molecule has 1 aromatic heterocycles. The summed E-state index contributed by atoms with van der Waals surface area (Å²) >= 11 is 0. The van der Waals surface area contributed by atoms with Gasteiger partial charge < -0.3 is 24.2 Å². The number of para-hydroxylation sites is 1. The average molecular weight is 573 g/mol. The van der Waals surface area contributed by atoms with E-state index >= 15 is 4.39 Å². The highest BCUT2D eigenvalue weighted by molar-refractivity contribution is 7.52. The smallest absolute Gasteiger partial charge is 0.459 e. The molecule has 3 rings (SSSR count). The molecule has 1 aliphatic heterocycles. The highest BCUT2D eigenvalue weighted by atomic mass is 31.2. The summed E-state index contributed by atoms with van der Waals surface area (Å²) in [6.07, 6.45) is -4.10. The van der Waals surface area contributed by atoms with Crippen LogP contribution in [0.4, 0.5) is 4.39 Å². The molecular weight excluding hydrogens is 544 g/mol. The number of alkyl halides is 1. The molecular formula is C23H29FN3O11P. The first-order chi connectivity index (χ1) is 18.3. The van der Waals surface area contributed by atoms with Crippen molar-refractivity contribution in [2.75, 3.05) is 13.2 Å². The van der Waals surface area contributed by atoms with Gasteiger partial charge in [-0.15, -0.1) is 0 Å². The second kappa shape index (κ2) is 12.7. The van der Waals surface area contributed by atoms with Crippen LogP contribution in [-0.4, -0.2) is 68.8 Å². The van der Waals surface area contributed by atoms with E-state index in [-0.39, 0.29) is 25.2 Å². The molecule has 0 radical (unpaired) electrons. The number of aliphatic carboxylic acids is 1. The highest BCUT2D eigenvalue weighted by Crippen LogP contribution is 2.47. The number of carboxylic acid groups (broad SMARTS) is 1. The fourth-order valence-electron chi connectivity index (χ4n) is 3.66. The average Bonchev–Trinajstić information content (AvgIpc) is 3.09. The topological polar surface area (TPSA) is 195 Å². The summed E-state index contributed by atoms with van der Waals surface area (Å²) < 4.78 is 51.3. The molecule has 1 saturated heterocycles. The van der Waals surface area contributed by atoms with Crippen LogP contribution in [0.5, 0.6) is 5.75 Å². The van der Waals surface area contributed by atoms with Crippen molar-refractivity contribution in [1.29, 1.82) is 0 Å². The number of hydrogen-bond donors (Lipinski definition) is 4. The number of halogens is 1. The highest BCUT2D eigenvalue weighted by Gasteiger charge is 2.55. The van der Waals surface area contributed by atoms with E-state index in [0.717, 1.165) is 23.8 Å². The minimum absolute atomic E-state index is 0.0704. The molecule has 1 aromatic carbocycles. The van der Waals surface area contributed by atoms with Crippen molar-refractivity contribution >= 4 is 19.7 Å². The Morgan fingerprint density at radius 1 is 1.28 bits per heavy atom. The third-order valence-corrected chi connectivity index (χ3v) is 7.33. The Hall–Kier alpha value is -3.36. The van der Waals surface area contributed by atoms with Crippen LogP contribution < -0.4 is 20.9 Å². The Morgan fingerprint density at radius 2 is 1.97 bits per heavy atom. The number of carbonyl (C=O) groups excluding carboxylic acids is 1. The van der Waals surface area contributed by atoms with Crippen LogP contribution in [0.2, 0.25) is 0 Å². The zero-order valence-corrected chi connectivity index (χ0v) is 21.9. The lowest BCUT2D eigenvalue weighted by Gasteiger charge is -2.25. The second-order valence-corrected chi connectivity index (χ2v) is 10.5. The van der Waals surface area contributed by atoms with Gasteiger partial charge in [0, 0.05) is 18.7 Å². The second-order valence-electron chi connectivity index (χ2n) is 8.85. The zero-order valence-electron chi connectivity index (χ0n) is 21.0. The number of carbonyl (C=O) groups is 2. The molecule has 6 atom stereocenters. The maximum absolute atomic E-state index is 15.5. The standard InChI is InChI=1S/C23H29FN3O11P/c1-14(20(32)35-12-6-9-18(29)30)26-39(34,38-15-7-4-3-5-8-15)36-13-16-19(31)23(2,24)21(37-16)27-11-10-17(28)25-22(27)33/h3-5,7-8,10-11,14,16,19,21,31H,6,9,12-13H2,1-2H3,(H,26,34)(H,29,30)(H,25,28,33)/t14-,16+,19+,21?,23+,39?/m0/s1. The van der Waals surface area contributed by atoms with Crippen molar-refractivity contribution in [3.63, 3.8) is 0 Å². The van der Waals surface area contributed by atoms with Crippen molar-refractivity contribution < 1.29 is 47.3 Å². The molecule has 0 aliphatic carbocycles. The van der Waals surface area contributed by atoms with Gasteiger partial charge in [0.2, 0.25) is 0 Å². The number of hydrogen-bond acceptors (Lipinski definition) is 10. The molecule has 0 saturated carbocycles. The summed E-state index contributed by atoms with van der Waals surface area (Å²) in [6.45, 7) is 1.40. The lowest BCUT2D eigenvalue weighted by molar-refractivity contribution is -0.146. The largest absolute Gasteiger partial charge is 0.481 e. The van der Waals surface area contributed by atoms with Gasteiger partial charge in [-0.05, 0) is 32.4 Å². The van der Waals surface area contributed by atoms with E-state index in [1.54, 1.807) is 18.2 Å². The van der Waals surface area contributed by atoms with Crippen LogP contribution in [0, 0.1) is 0 Å². The molecule has 14 nitrogen and oxygen atoms in total. The molecule has 0 bridgehead atoms. The van der Waals surface area contributed by atoms with Crippen LogP contribution >= 0.6 is 7.75 Å². The molecule has 1 fully saturated rings. The quantitative estimate of drug-likeness (QED) is 0.152. The Morgan fingerprint density at radius 3 is 2.62 bits per heavy atom. The zero-order chi connectivity index (χ0) is 28.8. The van der Waals surface area contributed by atoms with E-state index in [4.69, 9.17) is 23.6 Å². The first-order valence-corrected chi connectivity index (χ1v) is 13.4. The monoisotopic (exact) mass is 573 g/mol. The van der Waals surface area contributed by atoms with Gasteiger partial charge in [0.1, 0.15) is 24.0 Å². The molecule has 214 valence electrons. The summed E-state index contributed by atoms with van der Waals surface area (Å²) in [7, 11) is -4.41. The minimum atomic E-state index is -4.41. The predicted octanol–water partition coefficient (Wildman–Crippen LogP) is 1.11. The number of carboxylic acids is 1. The Kier molecular flexibility index (Phi) is 9.80. The molecule has 16 heteroatoms. The number of benzene rings is 1. The lowest BCUT2D eigenvalue weighted by atomic mass is 9.98. The number of aliphatic hydroxyl groups excluding tert-OH is 1. The SMILES string of the molecule is C[C@H](NP(=O)(OC[C@H]1OC(n2ccc(=O)[nH]c2=O)[C@](C)(F)[C@@H]1O)Oc1ccccc1)C(=O)OCCCC(=O)O. The van der Waals surface area contributed by atoms with Crippen LogP contribution in [0.15, 0.2) is 52.2 Å². The van der Waals surface area contributed by atoms with Gasteiger partial charge in [-0.2, -0.15) is 5.09 Å². The Labute approximate surface area is 221 Å². The van der Waals surface area contributed by atoms with E-state index in [9.17, 15) is 28.8 Å². The van der Waals surface area contributed by atoms with Crippen molar-refractivity contribution in [2.45, 2.75) is 56.8 Å². The Balaban J connectivity index is 1.73. The maximum Gasteiger partial charge on any atom is 0.459 e. The van der Waals surface area contributed by atoms with E-state index in [0.29, 0.717) is 0 Å². The van der Waals surface area contributed by atoms with Gasteiger partial charge in [0.15, 0.2) is 11.9 Å². The maximum atomic E-state index is 15.5. The van der Waals surface area contributed by atoms with E-state index in [1.807, 2.05) is 4.98 Å². The molecule has 2 heterocycles. The molecule has 2 aromatic rings. The summed E-state index contributed by atoms with van der Waals surface area (Å²) in [4.78, 5) is 48.4. The van der Waals surface area contributed by atoms with Gasteiger partial charge >= 0.3 is 25.4 Å². The summed E-state index contributed by atoms with van der Waals surface area (Å²) in [5.41, 5.74) is -4.21. The van der Waals surface area contributed by atoms with Crippen molar-refractivity contribution in [3.8, 4) is 5.75 Å². The first kappa shape index (κ1) is 30.2. The number of nitrogens with one attached hydrogen (secondary N) is 2. The van der Waals surface area contributed by atoms with Gasteiger partial charge in [-0.3, -0.25) is 28.5 Å². The van der Waals surface area contributed by atoms with Gasteiger partial charge in [0.05, 0.1) is 13.2 Å². The van der Waals surface area contributed by atoms with Crippen LogP contribution in [0.1, 0.15) is 32.9 Å². The number of ether oxygens (including phenoxy) is 2. The molecule has 1 aliphatic rings. The fourth-order valence-corrected chi connectivity index (χ4v) is 5.16. The summed E-state index contributed by atoms with van der Waals surface area (Å²) in [5.74, 6) is -1.83. The number of aromatic amines is 1. The molecule has 39 heavy (non-hydrogen) atoms. The van der Waals surface area contributed by atoms with Crippen molar-refractivity contribution in [1.82, 2.24) is 14.6 Å². The van der Waals surface area contributed by atoms with Crippen LogP contribution in [-0.2, 0) is 28.2 Å². The molecule has 0 amide bonds. The number of aromatic nitrogens is 2. The predicted molar refractivity (Wildman–Crippen MR) is 132 cm³/mol. The van der Waals surface area contributed by atoms with Gasteiger partial charge in [-0.25, -0.2) is 13.8 Å². The number of H-pyrrole nitrogens is 1. The molecule has 4 N–H and O–H groups in total. The first-order valence-electron chi connectivity index (χ1n) is 11.8. The van der Waals surface area contributed by atoms with Crippen LogP contribution in [0.3, 0.4) is 0 Å². The third kappa shape index (κ3) is 7.83. The van der Waals surface area contributed by atoms with E-state index in [1.165, 1.54) is 19.1 Å². The number of aliphatic hydroxyl groups is 1. The number of rotatable bonds is 13. The van der Waals surface area contributed by atoms with Gasteiger partial charge in [-0.1, -0.05) is 18.2 Å². The molecule has 2 unspecified atom stereocenters. The van der Waals surface area contributed by atoms with Gasteiger partial charge in [0.25, 0.3) is 5.56 Å². The summed E-state index contributed by atoms with van der Waals surface area (Å²) in [6, 6.07) is 7.50. The third-order valence-electron chi connectivity index (χ3n) is 5.68. The van der Waals surface area contributed by atoms with Crippen molar-refractivity contribution in [2.24, 2.45) is 0 Å². The minimum Gasteiger partial charge on any atom is -0.481 e. The Bertz CT molecular complexity index is 1320. The van der Waals surface area contributed by atoms with E-state index in [2.05, 4.69) is 5.09 Å². The molecule has 0 spiro atoms. The fraction of sp³-hybridized carbons (Fsp3) is 0.478. The van der Waals surface area contributed by atoms with Crippen molar-refractivity contribution in [3.05, 3.63) is 63.4 Å². The van der Waals surface area contributed by atoms with E-state index < -0.39 is 67.7 Å².